The number of rotatable bonds is 8. The molecule has 0 aliphatic heterocycles. The summed E-state index contributed by atoms with van der Waals surface area (Å²) in [5.41, 5.74) is 0. The van der Waals surface area contributed by atoms with Gasteiger partial charge in [0.1, 0.15) is 6.54 Å². The summed E-state index contributed by atoms with van der Waals surface area (Å²) in [6, 6.07) is -0.291. The highest BCUT2D eigenvalue weighted by atomic mass is 16.4. The highest BCUT2D eigenvalue weighted by Crippen LogP contribution is 2.01. The molecule has 116 valence electrons. The van der Waals surface area contributed by atoms with Crippen LogP contribution in [0, 0.1) is 0 Å². The molecule has 0 aromatic heterocycles. The first-order valence-corrected chi connectivity index (χ1v) is 6.86. The molecule has 3 amide bonds. The SMILES string of the molecule is CCN(CCC(=O)O)C(=O)N(CC)CC(=O)NC(C)C. The van der Waals surface area contributed by atoms with Crippen molar-refractivity contribution in [1.82, 2.24) is 15.1 Å². The lowest BCUT2D eigenvalue weighted by atomic mass is 10.3. The van der Waals surface area contributed by atoms with Gasteiger partial charge in [-0.05, 0) is 27.7 Å². The molecule has 0 aromatic rings. The van der Waals surface area contributed by atoms with E-state index in [1.54, 1.807) is 13.8 Å². The second-order valence-corrected chi connectivity index (χ2v) is 4.74. The van der Waals surface area contributed by atoms with Gasteiger partial charge in [0.15, 0.2) is 0 Å². The number of carbonyl (C=O) groups excluding carboxylic acids is 2. The van der Waals surface area contributed by atoms with Crippen molar-refractivity contribution < 1.29 is 19.5 Å². The van der Waals surface area contributed by atoms with Gasteiger partial charge in [-0.1, -0.05) is 0 Å². The summed E-state index contributed by atoms with van der Waals surface area (Å²) in [6.45, 7) is 8.20. The molecule has 0 aromatic carbocycles. The number of carboxylic acid groups (broad SMARTS) is 1. The largest absolute Gasteiger partial charge is 0.481 e. The number of nitrogens with zero attached hydrogens (tertiary/aromatic N) is 2. The Kier molecular flexibility index (Phi) is 8.35. The first-order chi connectivity index (χ1) is 9.31. The smallest absolute Gasteiger partial charge is 0.320 e. The highest BCUT2D eigenvalue weighted by molar-refractivity contribution is 5.84. The fraction of sp³-hybridized carbons (Fsp3) is 0.769. The van der Waals surface area contributed by atoms with E-state index in [4.69, 9.17) is 5.11 Å². The van der Waals surface area contributed by atoms with Crippen LogP contribution in [0.2, 0.25) is 0 Å². The van der Waals surface area contributed by atoms with Crippen molar-refractivity contribution in [2.45, 2.75) is 40.2 Å². The average molecular weight is 287 g/mol. The van der Waals surface area contributed by atoms with E-state index in [-0.39, 0.29) is 37.5 Å². The molecule has 0 bridgehead atoms. The molecule has 20 heavy (non-hydrogen) atoms. The fourth-order valence-corrected chi connectivity index (χ4v) is 1.68. The summed E-state index contributed by atoms with van der Waals surface area (Å²) in [4.78, 5) is 37.3. The van der Waals surface area contributed by atoms with Gasteiger partial charge in [-0.2, -0.15) is 0 Å². The van der Waals surface area contributed by atoms with Gasteiger partial charge in [0.25, 0.3) is 0 Å². The molecular formula is C13H25N3O4. The van der Waals surface area contributed by atoms with Crippen LogP contribution in [0.3, 0.4) is 0 Å². The summed E-state index contributed by atoms with van der Waals surface area (Å²) in [5, 5.41) is 11.4. The van der Waals surface area contributed by atoms with Crippen molar-refractivity contribution in [2.75, 3.05) is 26.2 Å². The zero-order chi connectivity index (χ0) is 15.7. The maximum Gasteiger partial charge on any atom is 0.320 e. The third kappa shape index (κ3) is 6.96. The maximum atomic E-state index is 12.2. The van der Waals surface area contributed by atoms with Gasteiger partial charge >= 0.3 is 12.0 Å². The van der Waals surface area contributed by atoms with Crippen molar-refractivity contribution in [2.24, 2.45) is 0 Å². The standard InChI is InChI=1S/C13H25N3O4/c1-5-15(8-7-12(18)19)13(20)16(6-2)9-11(17)14-10(3)4/h10H,5-9H2,1-4H3,(H,14,17)(H,18,19). The van der Waals surface area contributed by atoms with Crippen LogP contribution >= 0.6 is 0 Å². The Morgan fingerprint density at radius 2 is 1.65 bits per heavy atom. The lowest BCUT2D eigenvalue weighted by molar-refractivity contribution is -0.137. The Hall–Kier alpha value is -1.79. The van der Waals surface area contributed by atoms with Crippen molar-refractivity contribution >= 4 is 17.9 Å². The van der Waals surface area contributed by atoms with Crippen molar-refractivity contribution in [1.29, 1.82) is 0 Å². The molecule has 0 saturated heterocycles. The number of amides is 3. The Morgan fingerprint density at radius 3 is 2.05 bits per heavy atom. The zero-order valence-electron chi connectivity index (χ0n) is 12.7. The number of carboxylic acids is 1. The van der Waals surface area contributed by atoms with E-state index in [2.05, 4.69) is 5.32 Å². The maximum absolute atomic E-state index is 12.2. The van der Waals surface area contributed by atoms with Crippen LogP contribution in [0.5, 0.6) is 0 Å². The molecule has 0 radical (unpaired) electrons. The molecule has 0 fully saturated rings. The van der Waals surface area contributed by atoms with Crippen LogP contribution in [0.4, 0.5) is 4.79 Å². The monoisotopic (exact) mass is 287 g/mol. The topological polar surface area (TPSA) is 90.0 Å². The van der Waals surface area contributed by atoms with Crippen molar-refractivity contribution in [3.05, 3.63) is 0 Å². The molecule has 0 unspecified atom stereocenters. The van der Waals surface area contributed by atoms with Crippen LogP contribution < -0.4 is 5.32 Å². The van der Waals surface area contributed by atoms with Crippen LogP contribution in [0.1, 0.15) is 34.1 Å². The van der Waals surface area contributed by atoms with Crippen LogP contribution in [0.25, 0.3) is 0 Å². The molecule has 0 atom stereocenters. The predicted molar refractivity (Wildman–Crippen MR) is 75.4 cm³/mol. The van der Waals surface area contributed by atoms with Gasteiger partial charge in [0.05, 0.1) is 6.42 Å². The summed E-state index contributed by atoms with van der Waals surface area (Å²) in [6.07, 6.45) is -0.102. The van der Waals surface area contributed by atoms with Gasteiger partial charge in [0.2, 0.25) is 5.91 Å². The quantitative estimate of drug-likeness (QED) is 0.689. The minimum atomic E-state index is -0.947. The molecule has 0 aliphatic rings. The normalized spacial score (nSPS) is 10.2. The lowest BCUT2D eigenvalue weighted by Crippen LogP contribution is -2.48. The molecule has 7 heteroatoms. The van der Waals surface area contributed by atoms with E-state index >= 15 is 0 Å². The van der Waals surface area contributed by atoms with Crippen molar-refractivity contribution in [3.63, 3.8) is 0 Å². The van der Waals surface area contributed by atoms with Crippen LogP contribution in [-0.2, 0) is 9.59 Å². The molecule has 0 saturated carbocycles. The van der Waals surface area contributed by atoms with E-state index in [1.807, 2.05) is 13.8 Å². The number of nitrogens with one attached hydrogen (secondary N) is 1. The average Bonchev–Trinajstić information content (AvgIpc) is 2.35. The number of hydrogen-bond donors (Lipinski definition) is 2. The summed E-state index contributed by atoms with van der Waals surface area (Å²) < 4.78 is 0. The van der Waals surface area contributed by atoms with E-state index in [9.17, 15) is 14.4 Å². The second kappa shape index (κ2) is 9.17. The first kappa shape index (κ1) is 18.2. The van der Waals surface area contributed by atoms with E-state index in [0.717, 1.165) is 0 Å². The van der Waals surface area contributed by atoms with E-state index < -0.39 is 5.97 Å². The van der Waals surface area contributed by atoms with E-state index in [0.29, 0.717) is 13.1 Å². The summed E-state index contributed by atoms with van der Waals surface area (Å²) >= 11 is 0. The molecule has 7 nitrogen and oxygen atoms in total. The Balaban J connectivity index is 4.56. The first-order valence-electron chi connectivity index (χ1n) is 6.86. The van der Waals surface area contributed by atoms with Crippen LogP contribution in [0.15, 0.2) is 0 Å². The second-order valence-electron chi connectivity index (χ2n) is 4.74. The summed E-state index contributed by atoms with van der Waals surface area (Å²) in [7, 11) is 0. The molecule has 2 N–H and O–H groups in total. The van der Waals surface area contributed by atoms with Crippen molar-refractivity contribution in [3.8, 4) is 0 Å². The number of likely N-dealkylation sites (N-methyl/N-ethyl adjacent to an activating group) is 1. The predicted octanol–water partition coefficient (Wildman–Crippen LogP) is 0.750. The number of aliphatic carboxylic acids is 1. The number of hydrogen-bond acceptors (Lipinski definition) is 3. The van der Waals surface area contributed by atoms with Gasteiger partial charge in [-0.3, -0.25) is 9.59 Å². The lowest BCUT2D eigenvalue weighted by Gasteiger charge is -2.28. The third-order valence-electron chi connectivity index (χ3n) is 2.68. The van der Waals surface area contributed by atoms with Gasteiger partial charge in [-0.15, -0.1) is 0 Å². The van der Waals surface area contributed by atoms with Gasteiger partial charge in [0, 0.05) is 25.7 Å². The molecule has 0 aliphatic carbocycles. The van der Waals surface area contributed by atoms with Crippen LogP contribution in [-0.4, -0.2) is 65.0 Å². The number of urea groups is 1. The molecule has 0 rings (SSSR count). The minimum Gasteiger partial charge on any atom is -0.481 e. The molecule has 0 spiro atoms. The van der Waals surface area contributed by atoms with Gasteiger partial charge < -0.3 is 20.2 Å². The minimum absolute atomic E-state index is 0.0168. The Morgan fingerprint density at radius 1 is 1.10 bits per heavy atom. The Bertz CT molecular complexity index is 345. The summed E-state index contributed by atoms with van der Waals surface area (Å²) in [5.74, 6) is -1.17. The number of carbonyl (C=O) groups is 3. The van der Waals surface area contributed by atoms with E-state index in [1.165, 1.54) is 9.80 Å². The van der Waals surface area contributed by atoms with Gasteiger partial charge in [-0.25, -0.2) is 4.79 Å². The zero-order valence-corrected chi connectivity index (χ0v) is 12.7. The Labute approximate surface area is 119 Å². The molecular weight excluding hydrogens is 262 g/mol. The third-order valence-corrected chi connectivity index (χ3v) is 2.68. The fourth-order valence-electron chi connectivity index (χ4n) is 1.68. The highest BCUT2D eigenvalue weighted by Gasteiger charge is 2.21. The molecule has 0 heterocycles.